The summed E-state index contributed by atoms with van der Waals surface area (Å²) in [5.74, 6) is -4.18. The summed E-state index contributed by atoms with van der Waals surface area (Å²) in [5, 5.41) is 19.3. The van der Waals surface area contributed by atoms with E-state index in [1.807, 2.05) is 0 Å². The molecule has 0 spiro atoms. The lowest BCUT2D eigenvalue weighted by atomic mass is 9.95. The minimum atomic E-state index is -4.53. The standard InChI is InChI=1S/C11H20BBrFO6P/c1-3-7(15)21(17,18)20-11(14,4-2)5-6-9(16)8(13)10(12)19-6/h6-10,15-16H,3-5H2,1-2H3,(H,17,18)/t6-,7?,8-,9-,10-,11?/m1/s1. The molecule has 1 fully saturated rings. The largest absolute Gasteiger partial charge is 0.389 e. The third kappa shape index (κ3) is 4.74. The van der Waals surface area contributed by atoms with E-state index >= 15 is 0 Å². The second-order valence-electron chi connectivity index (χ2n) is 5.06. The molecule has 0 aromatic heterocycles. The molecule has 21 heavy (non-hydrogen) atoms. The highest BCUT2D eigenvalue weighted by molar-refractivity contribution is 9.09. The molecule has 3 unspecified atom stereocenters. The Morgan fingerprint density at radius 1 is 1.57 bits per heavy atom. The summed E-state index contributed by atoms with van der Waals surface area (Å²) in [7, 11) is 1.05. The van der Waals surface area contributed by atoms with E-state index in [0.717, 1.165) is 0 Å². The third-order valence-corrected chi connectivity index (χ3v) is 6.19. The molecule has 3 N–H and O–H groups in total. The molecule has 1 rings (SSSR count). The molecule has 1 saturated heterocycles. The Kier molecular flexibility index (Phi) is 6.87. The average molecular weight is 389 g/mol. The van der Waals surface area contributed by atoms with Crippen LogP contribution in [0.2, 0.25) is 0 Å². The third-order valence-electron chi connectivity index (χ3n) is 3.42. The summed E-state index contributed by atoms with van der Waals surface area (Å²) >= 11 is 3.13. The van der Waals surface area contributed by atoms with Crippen LogP contribution in [0.4, 0.5) is 4.39 Å². The molecule has 0 aliphatic carbocycles. The van der Waals surface area contributed by atoms with Crippen LogP contribution in [0, 0.1) is 0 Å². The molecular weight excluding hydrogens is 369 g/mol. The number of rotatable bonds is 7. The lowest BCUT2D eigenvalue weighted by molar-refractivity contribution is -0.120. The highest BCUT2D eigenvalue weighted by atomic mass is 79.9. The van der Waals surface area contributed by atoms with Crippen molar-refractivity contribution >= 4 is 31.4 Å². The molecule has 6 nitrogen and oxygen atoms in total. The average Bonchev–Trinajstić information content (AvgIpc) is 2.64. The number of halogens is 2. The van der Waals surface area contributed by atoms with Crippen LogP contribution in [0.25, 0.3) is 0 Å². The van der Waals surface area contributed by atoms with E-state index in [9.17, 15) is 24.1 Å². The number of aliphatic hydroxyl groups excluding tert-OH is 2. The van der Waals surface area contributed by atoms with Crippen LogP contribution in [0.15, 0.2) is 0 Å². The lowest BCUT2D eigenvalue weighted by Crippen LogP contribution is -2.37. The Hall–Kier alpha value is 0.505. The zero-order chi connectivity index (χ0) is 16.4. The van der Waals surface area contributed by atoms with Crippen molar-refractivity contribution in [2.75, 3.05) is 0 Å². The molecule has 1 aliphatic rings. The minimum Gasteiger partial charge on any atom is -0.389 e. The van der Waals surface area contributed by atoms with Gasteiger partial charge in [0, 0.05) is 18.8 Å². The Labute approximate surface area is 133 Å². The summed E-state index contributed by atoms with van der Waals surface area (Å²) in [6, 6.07) is -0.812. The maximum absolute atomic E-state index is 14.7. The quantitative estimate of drug-likeness (QED) is 0.346. The Morgan fingerprint density at radius 3 is 2.52 bits per heavy atom. The van der Waals surface area contributed by atoms with Crippen LogP contribution in [-0.4, -0.2) is 57.7 Å². The Balaban J connectivity index is 2.79. The van der Waals surface area contributed by atoms with E-state index in [0.29, 0.717) is 0 Å². The van der Waals surface area contributed by atoms with Crippen molar-refractivity contribution in [1.29, 1.82) is 0 Å². The molecule has 0 aromatic rings. The number of alkyl halides is 2. The van der Waals surface area contributed by atoms with Crippen molar-refractivity contribution in [3.8, 4) is 0 Å². The molecule has 1 aliphatic heterocycles. The number of aliphatic hydroxyl groups is 2. The van der Waals surface area contributed by atoms with E-state index in [1.54, 1.807) is 0 Å². The van der Waals surface area contributed by atoms with Gasteiger partial charge in [-0.05, 0) is 6.42 Å². The van der Waals surface area contributed by atoms with Crippen LogP contribution < -0.4 is 0 Å². The first kappa shape index (κ1) is 19.6. The fourth-order valence-electron chi connectivity index (χ4n) is 2.00. The van der Waals surface area contributed by atoms with Crippen molar-refractivity contribution in [2.24, 2.45) is 0 Å². The lowest BCUT2D eigenvalue weighted by Gasteiger charge is -2.31. The summed E-state index contributed by atoms with van der Waals surface area (Å²) < 4.78 is 36.4. The van der Waals surface area contributed by atoms with Gasteiger partial charge in [-0.1, -0.05) is 29.8 Å². The van der Waals surface area contributed by atoms with Gasteiger partial charge in [-0.2, -0.15) is 0 Å². The first-order valence-electron chi connectivity index (χ1n) is 6.69. The van der Waals surface area contributed by atoms with E-state index in [2.05, 4.69) is 20.5 Å². The van der Waals surface area contributed by atoms with Gasteiger partial charge in [0.15, 0.2) is 5.85 Å². The van der Waals surface area contributed by atoms with Crippen LogP contribution in [0.3, 0.4) is 0 Å². The smallest absolute Gasteiger partial charge is 0.359 e. The van der Waals surface area contributed by atoms with Gasteiger partial charge >= 0.3 is 7.60 Å². The second-order valence-corrected chi connectivity index (χ2v) is 8.02. The fourth-order valence-corrected chi connectivity index (χ4v) is 3.72. The van der Waals surface area contributed by atoms with Crippen molar-refractivity contribution in [3.05, 3.63) is 0 Å². The molecule has 0 aromatic carbocycles. The summed E-state index contributed by atoms with van der Waals surface area (Å²) in [6.07, 6.45) is -2.82. The van der Waals surface area contributed by atoms with Crippen LogP contribution in [0.1, 0.15) is 33.1 Å². The zero-order valence-corrected chi connectivity index (χ0v) is 14.3. The van der Waals surface area contributed by atoms with Gasteiger partial charge in [0.05, 0.1) is 17.0 Å². The van der Waals surface area contributed by atoms with Gasteiger partial charge < -0.3 is 19.8 Å². The highest BCUT2D eigenvalue weighted by Gasteiger charge is 2.48. The van der Waals surface area contributed by atoms with E-state index in [-0.39, 0.29) is 12.8 Å². The van der Waals surface area contributed by atoms with Gasteiger partial charge in [0.25, 0.3) is 0 Å². The van der Waals surface area contributed by atoms with Gasteiger partial charge in [-0.25, -0.2) is 4.39 Å². The number of hydrogen-bond donors (Lipinski definition) is 3. The second kappa shape index (κ2) is 7.38. The topological polar surface area (TPSA) is 96.2 Å². The summed E-state index contributed by atoms with van der Waals surface area (Å²) in [4.78, 5) is 9.04. The number of hydrogen-bond acceptors (Lipinski definition) is 5. The first-order valence-corrected chi connectivity index (χ1v) is 9.26. The Bertz CT molecular complexity index is 405. The Morgan fingerprint density at radius 2 is 2.14 bits per heavy atom. The van der Waals surface area contributed by atoms with Gasteiger partial charge in [0.2, 0.25) is 5.85 Å². The zero-order valence-electron chi connectivity index (χ0n) is 11.9. The molecule has 10 heteroatoms. The van der Waals surface area contributed by atoms with Crippen molar-refractivity contribution < 1.29 is 33.3 Å². The van der Waals surface area contributed by atoms with Gasteiger partial charge in [-0.3, -0.25) is 9.09 Å². The summed E-state index contributed by atoms with van der Waals surface area (Å²) in [5.41, 5.74) is 0. The van der Waals surface area contributed by atoms with E-state index < -0.39 is 48.8 Å². The molecule has 1 heterocycles. The maximum Gasteiger partial charge on any atom is 0.359 e. The van der Waals surface area contributed by atoms with Crippen molar-refractivity contribution in [3.63, 3.8) is 0 Å². The van der Waals surface area contributed by atoms with E-state index in [4.69, 9.17) is 12.6 Å². The molecular formula is C11H20BBrFO6P. The maximum atomic E-state index is 14.7. The minimum absolute atomic E-state index is 0.0511. The first-order chi connectivity index (χ1) is 9.56. The van der Waals surface area contributed by atoms with Crippen LogP contribution in [-0.2, 0) is 13.8 Å². The van der Waals surface area contributed by atoms with Gasteiger partial charge in [-0.15, -0.1) is 0 Å². The van der Waals surface area contributed by atoms with Crippen molar-refractivity contribution in [2.45, 2.75) is 67.8 Å². The SMILES string of the molecule is [B][C@@H]1O[C@H](CC(F)(CC)OP(=O)(O)C(O)CC)[C@@H](O)[C@H]1Br. The molecule has 122 valence electrons. The van der Waals surface area contributed by atoms with Crippen LogP contribution >= 0.6 is 23.5 Å². The number of ether oxygens (including phenoxy) is 1. The fraction of sp³-hybridized carbons (Fsp3) is 1.00. The predicted molar refractivity (Wildman–Crippen MR) is 79.1 cm³/mol. The van der Waals surface area contributed by atoms with Crippen molar-refractivity contribution in [1.82, 2.24) is 0 Å². The monoisotopic (exact) mass is 388 g/mol. The molecule has 0 amide bonds. The van der Waals surface area contributed by atoms with Gasteiger partial charge in [0.1, 0.15) is 7.85 Å². The highest BCUT2D eigenvalue weighted by Crippen LogP contribution is 2.53. The normalized spacial score (nSPS) is 36.9. The predicted octanol–water partition coefficient (Wildman–Crippen LogP) is 1.40. The van der Waals surface area contributed by atoms with Crippen LogP contribution in [0.5, 0.6) is 0 Å². The molecule has 2 radical (unpaired) electrons. The summed E-state index contributed by atoms with van der Waals surface area (Å²) in [6.45, 7) is 2.90. The molecule has 7 atom stereocenters. The molecule has 0 saturated carbocycles. The molecule has 0 bridgehead atoms. The van der Waals surface area contributed by atoms with E-state index in [1.165, 1.54) is 13.8 Å².